The molecule has 2 rings (SSSR count). The molecule has 0 saturated carbocycles. The number of rotatable bonds is 8. The van der Waals surface area contributed by atoms with E-state index in [-0.39, 0.29) is 17.1 Å². The number of anilines is 1. The summed E-state index contributed by atoms with van der Waals surface area (Å²) in [6.07, 6.45) is 0.297. The number of likely N-dealkylation sites (N-methyl/N-ethyl adjacent to an activating group) is 1. The monoisotopic (exact) mass is 364 g/mol. The molecule has 1 fully saturated rings. The molecular formula is C17H24N4O3S. The third kappa shape index (κ3) is 6.75. The van der Waals surface area contributed by atoms with E-state index < -0.39 is 0 Å². The van der Waals surface area contributed by atoms with Gasteiger partial charge in [0.2, 0.25) is 11.8 Å². The van der Waals surface area contributed by atoms with Gasteiger partial charge in [-0.1, -0.05) is 23.9 Å². The Kier molecular flexibility index (Phi) is 7.27. The summed E-state index contributed by atoms with van der Waals surface area (Å²) in [6.45, 7) is 1.87. The predicted octanol–water partition coefficient (Wildman–Crippen LogP) is 1.36. The van der Waals surface area contributed by atoms with E-state index in [4.69, 9.17) is 0 Å². The lowest BCUT2D eigenvalue weighted by Crippen LogP contribution is -2.30. The fourth-order valence-electron chi connectivity index (χ4n) is 2.40. The van der Waals surface area contributed by atoms with Gasteiger partial charge in [0.25, 0.3) is 5.24 Å². The number of amides is 3. The number of hydrogen-bond acceptors (Lipinski definition) is 5. The zero-order valence-electron chi connectivity index (χ0n) is 14.6. The summed E-state index contributed by atoms with van der Waals surface area (Å²) in [5.41, 5.74) is 1.61. The largest absolute Gasteiger partial charge is 0.352 e. The van der Waals surface area contributed by atoms with E-state index in [2.05, 4.69) is 10.6 Å². The fourth-order valence-corrected chi connectivity index (χ4v) is 3.25. The second-order valence-corrected chi connectivity index (χ2v) is 7.16. The Labute approximate surface area is 152 Å². The average Bonchev–Trinajstić information content (AvgIpc) is 2.95. The van der Waals surface area contributed by atoms with E-state index in [1.165, 1.54) is 11.8 Å². The summed E-state index contributed by atoms with van der Waals surface area (Å²) in [5, 5.41) is 5.72. The van der Waals surface area contributed by atoms with Crippen molar-refractivity contribution in [2.75, 3.05) is 44.8 Å². The smallest absolute Gasteiger partial charge is 0.281 e. The van der Waals surface area contributed by atoms with E-state index >= 15 is 0 Å². The minimum absolute atomic E-state index is 0.0500. The number of nitrogens with one attached hydrogen (secondary N) is 2. The van der Waals surface area contributed by atoms with Crippen LogP contribution in [0.15, 0.2) is 24.3 Å². The number of hydrogen-bond donors (Lipinski definition) is 2. The van der Waals surface area contributed by atoms with Gasteiger partial charge in [0, 0.05) is 37.5 Å². The Hall–Kier alpha value is -2.06. The molecule has 1 aliphatic heterocycles. The second kappa shape index (κ2) is 9.43. The molecule has 1 heterocycles. The normalized spacial score (nSPS) is 14.0. The highest BCUT2D eigenvalue weighted by Crippen LogP contribution is 2.17. The molecule has 0 bridgehead atoms. The highest BCUT2D eigenvalue weighted by atomic mass is 32.2. The molecule has 1 aliphatic rings. The first-order valence-corrected chi connectivity index (χ1v) is 9.14. The van der Waals surface area contributed by atoms with Gasteiger partial charge in [-0.05, 0) is 31.8 Å². The molecule has 1 saturated heterocycles. The number of nitrogens with zero attached hydrogens (tertiary/aromatic N) is 2. The van der Waals surface area contributed by atoms with Gasteiger partial charge >= 0.3 is 0 Å². The Morgan fingerprint density at radius 3 is 2.76 bits per heavy atom. The van der Waals surface area contributed by atoms with Crippen LogP contribution in [0.4, 0.5) is 10.5 Å². The number of carbonyl (C=O) groups excluding carboxylic acids is 3. The van der Waals surface area contributed by atoms with Crippen molar-refractivity contribution in [3.63, 3.8) is 0 Å². The van der Waals surface area contributed by atoms with Crippen LogP contribution in [-0.2, 0) is 16.1 Å². The maximum absolute atomic E-state index is 11.9. The quantitative estimate of drug-likeness (QED) is 0.728. The molecule has 3 amide bonds. The lowest BCUT2D eigenvalue weighted by molar-refractivity contribution is -0.121. The van der Waals surface area contributed by atoms with Gasteiger partial charge in [0.05, 0.1) is 6.54 Å². The maximum Gasteiger partial charge on any atom is 0.281 e. The van der Waals surface area contributed by atoms with Crippen LogP contribution in [0, 0.1) is 0 Å². The van der Waals surface area contributed by atoms with Crippen LogP contribution in [0.2, 0.25) is 0 Å². The van der Waals surface area contributed by atoms with Crippen LogP contribution in [0.25, 0.3) is 0 Å². The Morgan fingerprint density at radius 2 is 2.08 bits per heavy atom. The minimum atomic E-state index is -0.0910. The highest BCUT2D eigenvalue weighted by molar-refractivity contribution is 8.13. The zero-order chi connectivity index (χ0) is 18.2. The SMILES string of the molecule is CN(C)CC(=O)Nc1cccc(CNC(=O)CCN2CCSC2=O)c1. The molecule has 25 heavy (non-hydrogen) atoms. The van der Waals surface area contributed by atoms with Crippen LogP contribution in [0.1, 0.15) is 12.0 Å². The molecule has 1 aromatic rings. The van der Waals surface area contributed by atoms with Crippen molar-refractivity contribution in [3.05, 3.63) is 29.8 Å². The summed E-state index contributed by atoms with van der Waals surface area (Å²) in [5.74, 6) is 0.623. The molecule has 1 aromatic carbocycles. The van der Waals surface area contributed by atoms with Gasteiger partial charge in [-0.25, -0.2) is 0 Å². The standard InChI is InChI=1S/C17H24N4O3S/c1-20(2)12-16(23)19-14-5-3-4-13(10-14)11-18-15(22)6-7-21-8-9-25-17(21)24/h3-5,10H,6-9,11-12H2,1-2H3,(H,18,22)(H,19,23). The molecule has 0 atom stereocenters. The van der Waals surface area contributed by atoms with Crippen molar-refractivity contribution >= 4 is 34.5 Å². The molecule has 0 radical (unpaired) electrons. The molecule has 0 unspecified atom stereocenters. The first-order chi connectivity index (χ1) is 11.9. The van der Waals surface area contributed by atoms with Crippen molar-refractivity contribution in [2.24, 2.45) is 0 Å². The fraction of sp³-hybridized carbons (Fsp3) is 0.471. The summed E-state index contributed by atoms with van der Waals surface area (Å²) < 4.78 is 0. The summed E-state index contributed by atoms with van der Waals surface area (Å²) in [7, 11) is 3.67. The highest BCUT2D eigenvalue weighted by Gasteiger charge is 2.21. The first kappa shape index (κ1) is 19.3. The van der Waals surface area contributed by atoms with Gasteiger partial charge in [-0.3, -0.25) is 14.4 Å². The Morgan fingerprint density at radius 1 is 1.28 bits per heavy atom. The lowest BCUT2D eigenvalue weighted by atomic mass is 10.2. The van der Waals surface area contributed by atoms with Crippen molar-refractivity contribution in [3.8, 4) is 0 Å². The van der Waals surface area contributed by atoms with Gasteiger partial charge < -0.3 is 20.4 Å². The van der Waals surface area contributed by atoms with Gasteiger partial charge in [-0.2, -0.15) is 0 Å². The molecule has 8 heteroatoms. The second-order valence-electron chi connectivity index (χ2n) is 6.11. The van der Waals surface area contributed by atoms with Gasteiger partial charge in [-0.15, -0.1) is 0 Å². The lowest BCUT2D eigenvalue weighted by Gasteiger charge is -2.14. The van der Waals surface area contributed by atoms with Gasteiger partial charge in [0.15, 0.2) is 0 Å². The van der Waals surface area contributed by atoms with Crippen LogP contribution in [0.3, 0.4) is 0 Å². The van der Waals surface area contributed by atoms with Gasteiger partial charge in [0.1, 0.15) is 0 Å². The maximum atomic E-state index is 11.9. The van der Waals surface area contributed by atoms with Crippen molar-refractivity contribution in [1.82, 2.24) is 15.1 Å². The summed E-state index contributed by atoms with van der Waals surface area (Å²) in [4.78, 5) is 38.7. The van der Waals surface area contributed by atoms with Crippen molar-refractivity contribution in [1.29, 1.82) is 0 Å². The molecule has 7 nitrogen and oxygen atoms in total. The first-order valence-electron chi connectivity index (χ1n) is 8.16. The van der Waals surface area contributed by atoms with E-state index in [0.29, 0.717) is 38.3 Å². The van der Waals surface area contributed by atoms with E-state index in [1.54, 1.807) is 9.80 Å². The van der Waals surface area contributed by atoms with E-state index in [1.807, 2.05) is 38.4 Å². The summed E-state index contributed by atoms with van der Waals surface area (Å²) >= 11 is 1.29. The molecular weight excluding hydrogens is 340 g/mol. The van der Waals surface area contributed by atoms with E-state index in [9.17, 15) is 14.4 Å². The molecule has 136 valence electrons. The van der Waals surface area contributed by atoms with Crippen LogP contribution in [0.5, 0.6) is 0 Å². The zero-order valence-corrected chi connectivity index (χ0v) is 15.4. The summed E-state index contributed by atoms with van der Waals surface area (Å²) in [6, 6.07) is 7.39. The Balaban J connectivity index is 1.76. The molecule has 0 spiro atoms. The third-order valence-electron chi connectivity index (χ3n) is 3.61. The number of thioether (sulfide) groups is 1. The topological polar surface area (TPSA) is 81.8 Å². The molecule has 0 aliphatic carbocycles. The van der Waals surface area contributed by atoms with E-state index in [0.717, 1.165) is 11.3 Å². The predicted molar refractivity (Wildman–Crippen MR) is 99.5 cm³/mol. The number of carbonyl (C=O) groups is 3. The Bertz CT molecular complexity index is 636. The van der Waals surface area contributed by atoms with Crippen LogP contribution >= 0.6 is 11.8 Å². The third-order valence-corrected chi connectivity index (χ3v) is 4.51. The molecule has 0 aromatic heterocycles. The van der Waals surface area contributed by atoms with Crippen molar-refractivity contribution < 1.29 is 14.4 Å². The average molecular weight is 364 g/mol. The van der Waals surface area contributed by atoms with Crippen LogP contribution < -0.4 is 10.6 Å². The van der Waals surface area contributed by atoms with Crippen molar-refractivity contribution in [2.45, 2.75) is 13.0 Å². The van der Waals surface area contributed by atoms with Crippen LogP contribution in [-0.4, -0.2) is 66.3 Å². The minimum Gasteiger partial charge on any atom is -0.352 e. The molecule has 2 N–H and O–H groups in total. The number of benzene rings is 1.